The van der Waals surface area contributed by atoms with Gasteiger partial charge < -0.3 is 18.8 Å². The summed E-state index contributed by atoms with van der Waals surface area (Å²) in [5.74, 6) is 0.935. The lowest BCUT2D eigenvalue weighted by atomic mass is 9.76. The second-order valence-corrected chi connectivity index (χ2v) is 8.03. The van der Waals surface area contributed by atoms with E-state index in [1.54, 1.807) is 30.3 Å². The van der Waals surface area contributed by atoms with Gasteiger partial charge in [-0.15, -0.1) is 0 Å². The van der Waals surface area contributed by atoms with Gasteiger partial charge in [0.1, 0.15) is 12.0 Å². The second kappa shape index (κ2) is 8.46. The van der Waals surface area contributed by atoms with Crippen molar-refractivity contribution in [3.8, 4) is 17.5 Å². The Bertz CT molecular complexity index is 968. The average molecular weight is 408 g/mol. The smallest absolute Gasteiger partial charge is 0.486 e. The summed E-state index contributed by atoms with van der Waals surface area (Å²) in [4.78, 5) is 19.4. The SMILES string of the molecule is [C-]#[N+]c1ccc(Oc2ccc(B3OC(C)(C)C(C)(C)O3)c(C=O)c2)nc1OCCC. The van der Waals surface area contributed by atoms with Crippen molar-refractivity contribution in [1.29, 1.82) is 0 Å². The second-order valence-electron chi connectivity index (χ2n) is 8.03. The molecular formula is C22H25BN2O5. The third-order valence-electron chi connectivity index (χ3n) is 5.29. The maximum atomic E-state index is 11.7. The quantitative estimate of drug-likeness (QED) is 0.386. The lowest BCUT2D eigenvalue weighted by molar-refractivity contribution is 0.00578. The van der Waals surface area contributed by atoms with Gasteiger partial charge in [0.25, 0.3) is 0 Å². The molecule has 0 atom stereocenters. The Labute approximate surface area is 177 Å². The van der Waals surface area contributed by atoms with Crippen molar-refractivity contribution in [2.24, 2.45) is 0 Å². The zero-order chi connectivity index (χ0) is 21.9. The molecule has 7 nitrogen and oxygen atoms in total. The van der Waals surface area contributed by atoms with Crippen LogP contribution in [0, 0.1) is 6.57 Å². The van der Waals surface area contributed by atoms with Crippen molar-refractivity contribution in [1.82, 2.24) is 4.98 Å². The molecule has 3 rings (SSSR count). The Morgan fingerprint density at radius 1 is 1.17 bits per heavy atom. The first-order valence-corrected chi connectivity index (χ1v) is 9.84. The van der Waals surface area contributed by atoms with Crippen molar-refractivity contribution in [2.75, 3.05) is 6.61 Å². The van der Waals surface area contributed by atoms with Crippen LogP contribution < -0.4 is 14.9 Å². The Kier molecular flexibility index (Phi) is 6.15. The number of hydrogen-bond acceptors (Lipinski definition) is 6. The van der Waals surface area contributed by atoms with Gasteiger partial charge in [0.05, 0.1) is 24.4 Å². The third kappa shape index (κ3) is 4.32. The molecule has 2 aromatic rings. The third-order valence-corrected chi connectivity index (χ3v) is 5.29. The summed E-state index contributed by atoms with van der Waals surface area (Å²) in [6.45, 7) is 17.5. The van der Waals surface area contributed by atoms with Crippen LogP contribution in [0.3, 0.4) is 0 Å². The molecule has 1 aliphatic heterocycles. The van der Waals surface area contributed by atoms with Crippen LogP contribution in [0.1, 0.15) is 51.4 Å². The fourth-order valence-corrected chi connectivity index (χ4v) is 2.89. The number of nitrogens with zero attached hydrogens (tertiary/aromatic N) is 2. The van der Waals surface area contributed by atoms with Gasteiger partial charge in [-0.3, -0.25) is 4.79 Å². The molecule has 2 heterocycles. The lowest BCUT2D eigenvalue weighted by Crippen LogP contribution is -2.41. The molecular weight excluding hydrogens is 383 g/mol. The zero-order valence-corrected chi connectivity index (χ0v) is 17.9. The van der Waals surface area contributed by atoms with Gasteiger partial charge in [-0.05, 0) is 63.8 Å². The maximum absolute atomic E-state index is 11.7. The van der Waals surface area contributed by atoms with E-state index < -0.39 is 18.3 Å². The van der Waals surface area contributed by atoms with Crippen molar-refractivity contribution >= 4 is 24.6 Å². The molecule has 1 aromatic heterocycles. The molecule has 0 radical (unpaired) electrons. The largest absolute Gasteiger partial charge is 0.495 e. The highest BCUT2D eigenvalue weighted by atomic mass is 16.7. The number of pyridine rings is 1. The normalized spacial score (nSPS) is 16.7. The fourth-order valence-electron chi connectivity index (χ4n) is 2.89. The van der Waals surface area contributed by atoms with Crippen molar-refractivity contribution in [3.63, 3.8) is 0 Å². The van der Waals surface area contributed by atoms with Gasteiger partial charge in [0.2, 0.25) is 17.4 Å². The summed E-state index contributed by atoms with van der Waals surface area (Å²) in [7, 11) is -0.644. The number of carbonyl (C=O) groups is 1. The van der Waals surface area contributed by atoms with Crippen LogP contribution in [0.25, 0.3) is 4.85 Å². The van der Waals surface area contributed by atoms with E-state index in [1.807, 2.05) is 34.6 Å². The Morgan fingerprint density at radius 2 is 1.87 bits per heavy atom. The fraction of sp³-hybridized carbons (Fsp3) is 0.409. The average Bonchev–Trinajstić information content (AvgIpc) is 2.93. The number of aromatic nitrogens is 1. The molecule has 0 bridgehead atoms. The first kappa shape index (κ1) is 21.8. The lowest BCUT2D eigenvalue weighted by Gasteiger charge is -2.32. The highest BCUT2D eigenvalue weighted by Gasteiger charge is 2.52. The summed E-state index contributed by atoms with van der Waals surface area (Å²) >= 11 is 0. The molecule has 156 valence electrons. The maximum Gasteiger partial charge on any atom is 0.495 e. The van der Waals surface area contributed by atoms with Gasteiger partial charge in [0.15, 0.2) is 0 Å². The van der Waals surface area contributed by atoms with Gasteiger partial charge in [0, 0.05) is 5.56 Å². The van der Waals surface area contributed by atoms with E-state index >= 15 is 0 Å². The topological polar surface area (TPSA) is 71.2 Å². The molecule has 1 saturated heterocycles. The van der Waals surface area contributed by atoms with E-state index in [0.717, 1.165) is 12.7 Å². The molecule has 0 spiro atoms. The van der Waals surface area contributed by atoms with E-state index in [1.165, 1.54) is 0 Å². The minimum atomic E-state index is -0.644. The van der Waals surface area contributed by atoms with E-state index in [-0.39, 0.29) is 11.8 Å². The van der Waals surface area contributed by atoms with E-state index in [0.29, 0.717) is 29.1 Å². The first-order valence-electron chi connectivity index (χ1n) is 9.84. The molecule has 0 amide bonds. The van der Waals surface area contributed by atoms with Crippen LogP contribution in [0.5, 0.6) is 17.5 Å². The summed E-state index contributed by atoms with van der Waals surface area (Å²) < 4.78 is 23.4. The Morgan fingerprint density at radius 3 is 2.47 bits per heavy atom. The van der Waals surface area contributed by atoms with E-state index in [9.17, 15) is 4.79 Å². The summed E-state index contributed by atoms with van der Waals surface area (Å²) in [5.41, 5.74) is 0.360. The van der Waals surface area contributed by atoms with Gasteiger partial charge in [-0.2, -0.15) is 4.98 Å². The van der Waals surface area contributed by atoms with E-state index in [4.69, 9.17) is 25.4 Å². The summed E-state index contributed by atoms with van der Waals surface area (Å²) in [6.07, 6.45) is 1.55. The number of benzene rings is 1. The minimum Gasteiger partial charge on any atom is -0.486 e. The highest BCUT2D eigenvalue weighted by Crippen LogP contribution is 2.37. The standard InChI is InChI=1S/C22H25BN2O5/c1-7-12-27-20-18(24-6)10-11-19(25-20)28-16-8-9-17(15(13-16)14-26)23-29-21(2,3)22(4,5)30-23/h8-11,13-14H,7,12H2,1-5H3. The molecule has 30 heavy (non-hydrogen) atoms. The van der Waals surface area contributed by atoms with Crippen LogP contribution in [-0.4, -0.2) is 36.2 Å². The summed E-state index contributed by atoms with van der Waals surface area (Å²) in [6, 6.07) is 8.28. The molecule has 1 fully saturated rings. The highest BCUT2D eigenvalue weighted by molar-refractivity contribution is 6.63. The number of ether oxygens (including phenoxy) is 2. The Hall–Kier alpha value is -2.89. The van der Waals surface area contributed by atoms with Crippen LogP contribution in [0.2, 0.25) is 0 Å². The molecule has 0 N–H and O–H groups in total. The number of rotatable bonds is 7. The molecule has 0 aliphatic carbocycles. The minimum absolute atomic E-state index is 0.230. The van der Waals surface area contributed by atoms with Gasteiger partial charge >= 0.3 is 7.12 Å². The number of carbonyl (C=O) groups excluding carboxylic acids is 1. The molecule has 8 heteroatoms. The monoisotopic (exact) mass is 408 g/mol. The molecule has 0 unspecified atom stereocenters. The van der Waals surface area contributed by atoms with E-state index in [2.05, 4.69) is 9.83 Å². The predicted molar refractivity (Wildman–Crippen MR) is 114 cm³/mol. The number of hydrogen-bond donors (Lipinski definition) is 0. The van der Waals surface area contributed by atoms with Crippen LogP contribution in [-0.2, 0) is 9.31 Å². The summed E-state index contributed by atoms with van der Waals surface area (Å²) in [5, 5.41) is 0. The van der Waals surface area contributed by atoms with Crippen molar-refractivity contribution in [3.05, 3.63) is 47.3 Å². The van der Waals surface area contributed by atoms with Crippen LogP contribution in [0.15, 0.2) is 30.3 Å². The Balaban J connectivity index is 1.84. The van der Waals surface area contributed by atoms with Gasteiger partial charge in [-0.1, -0.05) is 13.0 Å². The van der Waals surface area contributed by atoms with Crippen molar-refractivity contribution < 1.29 is 23.6 Å². The van der Waals surface area contributed by atoms with Crippen LogP contribution in [0.4, 0.5) is 5.69 Å². The van der Waals surface area contributed by atoms with Crippen molar-refractivity contribution in [2.45, 2.75) is 52.2 Å². The van der Waals surface area contributed by atoms with Gasteiger partial charge in [-0.25, -0.2) is 4.85 Å². The molecule has 1 aliphatic rings. The molecule has 1 aromatic carbocycles. The predicted octanol–water partition coefficient (Wildman–Crippen LogP) is 4.33. The van der Waals surface area contributed by atoms with Crippen LogP contribution >= 0.6 is 0 Å². The zero-order valence-electron chi connectivity index (χ0n) is 17.9. The number of aldehydes is 1. The first-order chi connectivity index (χ1) is 14.2. The molecule has 0 saturated carbocycles.